The number of hydrogen-bond acceptors (Lipinski definition) is 4. The Kier molecular flexibility index (Phi) is 9.25. The predicted octanol–water partition coefficient (Wildman–Crippen LogP) is 3.25. The van der Waals surface area contributed by atoms with Crippen molar-refractivity contribution in [1.82, 2.24) is 20.4 Å². The van der Waals surface area contributed by atoms with E-state index in [1.165, 1.54) is 48.4 Å². The molecule has 176 valence electrons. The van der Waals surface area contributed by atoms with Crippen LogP contribution in [0.4, 0.5) is 0 Å². The van der Waals surface area contributed by atoms with Gasteiger partial charge in [0, 0.05) is 33.2 Å². The molecule has 8 heteroatoms. The molecular weight excluding hydrogens is 529 g/mol. The highest BCUT2D eigenvalue weighted by atomic mass is 127. The quantitative estimate of drug-likeness (QED) is 0.235. The minimum atomic E-state index is -0.236. The molecule has 2 aliphatic heterocycles. The fourth-order valence-corrected chi connectivity index (χ4v) is 4.27. The second kappa shape index (κ2) is 12.1. The third kappa shape index (κ3) is 6.32. The SMILES string of the molecule is CN=C(NCCN1C(=O)c2ccccc2C1=O)NCc1ccc(CN2CCCCC2)cc1.I. The number of fused-ring (bicyclic) bond motifs is 1. The number of amides is 2. The van der Waals surface area contributed by atoms with E-state index >= 15 is 0 Å². The number of guanidine groups is 1. The number of carbonyl (C=O) groups excluding carboxylic acids is 2. The Bertz CT molecular complexity index is 952. The number of rotatable bonds is 7. The summed E-state index contributed by atoms with van der Waals surface area (Å²) >= 11 is 0. The smallest absolute Gasteiger partial charge is 0.261 e. The minimum Gasteiger partial charge on any atom is -0.355 e. The van der Waals surface area contributed by atoms with Crippen LogP contribution >= 0.6 is 24.0 Å². The Labute approximate surface area is 212 Å². The van der Waals surface area contributed by atoms with Crippen molar-refractivity contribution < 1.29 is 9.59 Å². The summed E-state index contributed by atoms with van der Waals surface area (Å²) in [6.45, 7) is 4.79. The number of benzene rings is 2. The van der Waals surface area contributed by atoms with Crippen molar-refractivity contribution in [2.24, 2.45) is 4.99 Å². The number of carbonyl (C=O) groups is 2. The Balaban J connectivity index is 0.00000306. The van der Waals surface area contributed by atoms with E-state index in [0.717, 1.165) is 6.54 Å². The number of piperidine rings is 1. The van der Waals surface area contributed by atoms with Gasteiger partial charge in [0.1, 0.15) is 0 Å². The molecule has 1 fully saturated rings. The van der Waals surface area contributed by atoms with E-state index in [9.17, 15) is 9.59 Å². The summed E-state index contributed by atoms with van der Waals surface area (Å²) < 4.78 is 0. The zero-order valence-corrected chi connectivity index (χ0v) is 21.4. The van der Waals surface area contributed by atoms with E-state index in [4.69, 9.17) is 0 Å². The number of hydrogen-bond donors (Lipinski definition) is 2. The fraction of sp³-hybridized carbons (Fsp3) is 0.400. The van der Waals surface area contributed by atoms with Crippen LogP contribution in [-0.2, 0) is 13.1 Å². The summed E-state index contributed by atoms with van der Waals surface area (Å²) in [6.07, 6.45) is 3.97. The molecule has 0 aromatic heterocycles. The third-order valence-corrected chi connectivity index (χ3v) is 6.07. The maximum atomic E-state index is 12.4. The van der Waals surface area contributed by atoms with Crippen molar-refractivity contribution in [3.05, 3.63) is 70.8 Å². The molecule has 4 rings (SSSR count). The van der Waals surface area contributed by atoms with Gasteiger partial charge < -0.3 is 10.6 Å². The molecule has 2 amide bonds. The maximum Gasteiger partial charge on any atom is 0.261 e. The fourth-order valence-electron chi connectivity index (χ4n) is 4.27. The van der Waals surface area contributed by atoms with E-state index < -0.39 is 0 Å². The zero-order chi connectivity index (χ0) is 22.3. The normalized spacial score (nSPS) is 16.4. The van der Waals surface area contributed by atoms with Crippen molar-refractivity contribution in [2.45, 2.75) is 32.4 Å². The molecule has 0 atom stereocenters. The molecule has 0 unspecified atom stereocenters. The highest BCUT2D eigenvalue weighted by Gasteiger charge is 2.34. The molecule has 2 aliphatic rings. The second-order valence-electron chi connectivity index (χ2n) is 8.31. The standard InChI is InChI=1S/C25H31N5O2.HI/c1-26-25(27-13-16-30-23(31)21-7-3-4-8-22(21)24(30)32)28-17-19-9-11-20(12-10-19)18-29-14-5-2-6-15-29;/h3-4,7-12H,2,5-6,13-18H2,1H3,(H2,26,27,28);1H. The average Bonchev–Trinajstić information content (AvgIpc) is 3.08. The lowest BCUT2D eigenvalue weighted by molar-refractivity contribution is 0.0657. The number of aliphatic imine (C=N–C) groups is 1. The van der Waals surface area contributed by atoms with E-state index in [1.54, 1.807) is 31.3 Å². The lowest BCUT2D eigenvalue weighted by atomic mass is 10.1. The Morgan fingerprint density at radius 2 is 1.48 bits per heavy atom. The molecule has 0 saturated carbocycles. The number of halogens is 1. The van der Waals surface area contributed by atoms with E-state index in [2.05, 4.69) is 44.8 Å². The highest BCUT2D eigenvalue weighted by Crippen LogP contribution is 2.21. The Hall–Kier alpha value is -2.46. The minimum absolute atomic E-state index is 0. The molecule has 0 bridgehead atoms. The first-order chi connectivity index (χ1) is 15.7. The average molecular weight is 561 g/mol. The number of likely N-dealkylation sites (tertiary alicyclic amines) is 1. The second-order valence-corrected chi connectivity index (χ2v) is 8.31. The molecule has 1 saturated heterocycles. The van der Waals surface area contributed by atoms with Crippen LogP contribution in [-0.4, -0.2) is 60.8 Å². The summed E-state index contributed by atoms with van der Waals surface area (Å²) in [5, 5.41) is 6.48. The van der Waals surface area contributed by atoms with Crippen LogP contribution in [0.5, 0.6) is 0 Å². The van der Waals surface area contributed by atoms with Crippen LogP contribution in [0.2, 0.25) is 0 Å². The summed E-state index contributed by atoms with van der Waals surface area (Å²) in [7, 11) is 1.71. The summed E-state index contributed by atoms with van der Waals surface area (Å²) in [6, 6.07) is 15.6. The van der Waals surface area contributed by atoms with Gasteiger partial charge in [0.15, 0.2) is 5.96 Å². The van der Waals surface area contributed by atoms with E-state index in [-0.39, 0.29) is 42.3 Å². The topological polar surface area (TPSA) is 77.0 Å². The van der Waals surface area contributed by atoms with Gasteiger partial charge in [-0.05, 0) is 49.2 Å². The molecule has 2 heterocycles. The van der Waals surface area contributed by atoms with Crippen molar-refractivity contribution >= 4 is 41.8 Å². The largest absolute Gasteiger partial charge is 0.355 e. The van der Waals surface area contributed by atoms with Crippen LogP contribution in [0.1, 0.15) is 51.1 Å². The molecular formula is C25H32IN5O2. The van der Waals surface area contributed by atoms with Gasteiger partial charge in [0.2, 0.25) is 0 Å². The number of imide groups is 1. The van der Waals surface area contributed by atoms with E-state index in [1.807, 2.05) is 0 Å². The number of nitrogens with one attached hydrogen (secondary N) is 2. The molecule has 33 heavy (non-hydrogen) atoms. The Morgan fingerprint density at radius 3 is 2.09 bits per heavy atom. The lowest BCUT2D eigenvalue weighted by Gasteiger charge is -2.26. The first-order valence-corrected chi connectivity index (χ1v) is 11.4. The molecule has 2 aromatic carbocycles. The van der Waals surface area contributed by atoms with Gasteiger partial charge in [0.05, 0.1) is 11.1 Å². The van der Waals surface area contributed by atoms with Crippen LogP contribution < -0.4 is 10.6 Å². The molecule has 0 radical (unpaired) electrons. The van der Waals surface area contributed by atoms with Crippen LogP contribution in [0.25, 0.3) is 0 Å². The van der Waals surface area contributed by atoms with E-state index in [0.29, 0.717) is 30.2 Å². The van der Waals surface area contributed by atoms with Crippen LogP contribution in [0, 0.1) is 0 Å². The maximum absolute atomic E-state index is 12.4. The lowest BCUT2D eigenvalue weighted by Crippen LogP contribution is -2.42. The monoisotopic (exact) mass is 561 g/mol. The van der Waals surface area contributed by atoms with Crippen molar-refractivity contribution in [3.8, 4) is 0 Å². The first kappa shape index (κ1) is 25.2. The first-order valence-electron chi connectivity index (χ1n) is 11.4. The van der Waals surface area contributed by atoms with Crippen molar-refractivity contribution in [3.63, 3.8) is 0 Å². The van der Waals surface area contributed by atoms with Crippen LogP contribution in [0.3, 0.4) is 0 Å². The van der Waals surface area contributed by atoms with Crippen molar-refractivity contribution in [1.29, 1.82) is 0 Å². The van der Waals surface area contributed by atoms with Gasteiger partial charge >= 0.3 is 0 Å². The van der Waals surface area contributed by atoms with Crippen LogP contribution in [0.15, 0.2) is 53.5 Å². The molecule has 0 aliphatic carbocycles. The summed E-state index contributed by atoms with van der Waals surface area (Å²) in [5.74, 6) is 0.166. The van der Waals surface area contributed by atoms with Crippen molar-refractivity contribution in [2.75, 3.05) is 33.2 Å². The Morgan fingerprint density at radius 1 is 0.879 bits per heavy atom. The molecule has 7 nitrogen and oxygen atoms in total. The molecule has 2 N–H and O–H groups in total. The summed E-state index contributed by atoms with van der Waals surface area (Å²) in [4.78, 5) is 32.9. The zero-order valence-electron chi connectivity index (χ0n) is 19.0. The van der Waals surface area contributed by atoms with Gasteiger partial charge in [-0.3, -0.25) is 24.4 Å². The van der Waals surface area contributed by atoms with Gasteiger partial charge in [-0.2, -0.15) is 0 Å². The number of nitrogens with zero attached hydrogens (tertiary/aromatic N) is 3. The highest BCUT2D eigenvalue weighted by molar-refractivity contribution is 14.0. The van der Waals surface area contributed by atoms with Gasteiger partial charge in [-0.25, -0.2) is 0 Å². The van der Waals surface area contributed by atoms with Gasteiger partial charge in [0.25, 0.3) is 11.8 Å². The van der Waals surface area contributed by atoms with Gasteiger partial charge in [-0.1, -0.05) is 42.8 Å². The molecule has 2 aromatic rings. The molecule has 0 spiro atoms. The third-order valence-electron chi connectivity index (χ3n) is 6.07. The predicted molar refractivity (Wildman–Crippen MR) is 141 cm³/mol. The van der Waals surface area contributed by atoms with Gasteiger partial charge in [-0.15, -0.1) is 24.0 Å². The summed E-state index contributed by atoms with van der Waals surface area (Å²) in [5.41, 5.74) is 3.47.